The van der Waals surface area contributed by atoms with Crippen LogP contribution in [0.2, 0.25) is 0 Å². The third kappa shape index (κ3) is 3.77. The molecule has 1 unspecified atom stereocenters. The molecule has 7 nitrogen and oxygen atoms in total. The summed E-state index contributed by atoms with van der Waals surface area (Å²) in [7, 11) is 4.86. The molecule has 3 aromatic rings. The number of pyridine rings is 1. The molecule has 2 aromatic heterocycles. The molecular weight excluding hydrogens is 368 g/mol. The lowest BCUT2D eigenvalue weighted by atomic mass is 9.93. The van der Waals surface area contributed by atoms with Crippen molar-refractivity contribution in [2.24, 2.45) is 5.92 Å². The maximum absolute atomic E-state index is 5.63. The number of fused-ring (bicyclic) bond motifs is 1. The number of benzene rings is 1. The van der Waals surface area contributed by atoms with Crippen LogP contribution in [0.15, 0.2) is 36.7 Å². The van der Waals surface area contributed by atoms with Crippen LogP contribution in [0.3, 0.4) is 0 Å². The van der Waals surface area contributed by atoms with Crippen LogP contribution in [0, 0.1) is 5.92 Å². The highest BCUT2D eigenvalue weighted by Gasteiger charge is 2.25. The SMILES string of the molecule is COc1cc2c(N3CCCC(Cc4ccccn4)C3)nncc2c(OC)c1OC. The van der Waals surface area contributed by atoms with Crippen molar-refractivity contribution < 1.29 is 14.2 Å². The Labute approximate surface area is 170 Å². The summed E-state index contributed by atoms with van der Waals surface area (Å²) in [6, 6.07) is 8.06. The summed E-state index contributed by atoms with van der Waals surface area (Å²) in [5.74, 6) is 3.17. The lowest BCUT2D eigenvalue weighted by molar-refractivity contribution is 0.327. The van der Waals surface area contributed by atoms with Crippen LogP contribution in [-0.4, -0.2) is 49.6 Å². The van der Waals surface area contributed by atoms with E-state index < -0.39 is 0 Å². The fraction of sp³-hybridized carbons (Fsp3) is 0.409. The van der Waals surface area contributed by atoms with Crippen LogP contribution in [0.5, 0.6) is 17.2 Å². The molecule has 1 aromatic carbocycles. The molecule has 7 heteroatoms. The van der Waals surface area contributed by atoms with E-state index in [1.54, 1.807) is 27.5 Å². The molecule has 1 aliphatic heterocycles. The lowest BCUT2D eigenvalue weighted by Gasteiger charge is -2.34. The molecule has 0 radical (unpaired) electrons. The third-order valence-corrected chi connectivity index (χ3v) is 5.49. The molecule has 0 N–H and O–H groups in total. The van der Waals surface area contributed by atoms with E-state index in [0.29, 0.717) is 23.2 Å². The van der Waals surface area contributed by atoms with Gasteiger partial charge in [-0.25, -0.2) is 0 Å². The number of ether oxygens (including phenoxy) is 3. The second-order valence-corrected chi connectivity index (χ2v) is 7.25. The van der Waals surface area contributed by atoms with Crippen LogP contribution in [-0.2, 0) is 6.42 Å². The molecule has 29 heavy (non-hydrogen) atoms. The van der Waals surface area contributed by atoms with Crippen LogP contribution < -0.4 is 19.1 Å². The van der Waals surface area contributed by atoms with Crippen molar-refractivity contribution in [3.63, 3.8) is 0 Å². The first-order valence-electron chi connectivity index (χ1n) is 9.84. The van der Waals surface area contributed by atoms with Gasteiger partial charge in [0.05, 0.1) is 32.9 Å². The molecule has 0 spiro atoms. The minimum atomic E-state index is 0.526. The van der Waals surface area contributed by atoms with Crippen molar-refractivity contribution in [1.29, 1.82) is 0 Å². The number of aromatic nitrogens is 3. The van der Waals surface area contributed by atoms with E-state index in [2.05, 4.69) is 26.1 Å². The van der Waals surface area contributed by atoms with E-state index in [9.17, 15) is 0 Å². The number of rotatable bonds is 6. The van der Waals surface area contributed by atoms with Crippen molar-refractivity contribution >= 4 is 16.6 Å². The van der Waals surface area contributed by atoms with Gasteiger partial charge in [-0.15, -0.1) is 5.10 Å². The molecule has 1 fully saturated rings. The van der Waals surface area contributed by atoms with Gasteiger partial charge in [-0.1, -0.05) is 6.07 Å². The number of piperidine rings is 1. The van der Waals surface area contributed by atoms with E-state index in [1.165, 1.54) is 6.42 Å². The zero-order valence-corrected chi connectivity index (χ0v) is 17.1. The first-order valence-corrected chi connectivity index (χ1v) is 9.84. The van der Waals surface area contributed by atoms with Crippen LogP contribution in [0.1, 0.15) is 18.5 Å². The van der Waals surface area contributed by atoms with Crippen molar-refractivity contribution in [3.8, 4) is 17.2 Å². The highest BCUT2D eigenvalue weighted by Crippen LogP contribution is 2.45. The number of methoxy groups -OCH3 is 3. The predicted octanol–water partition coefficient (Wildman–Crippen LogP) is 3.51. The molecule has 0 saturated carbocycles. The van der Waals surface area contributed by atoms with Gasteiger partial charge in [-0.05, 0) is 43.4 Å². The first kappa shape index (κ1) is 19.2. The standard InChI is InChI=1S/C22H26N4O3/c1-27-19-12-17-18(20(28-2)21(19)29-3)13-24-25-22(17)26-10-6-7-15(14-26)11-16-8-4-5-9-23-16/h4-5,8-9,12-13,15H,6-7,10-11,14H2,1-3H3. The minimum Gasteiger partial charge on any atom is -0.493 e. The summed E-state index contributed by atoms with van der Waals surface area (Å²) in [4.78, 5) is 6.81. The van der Waals surface area contributed by atoms with Gasteiger partial charge in [0.1, 0.15) is 0 Å². The Morgan fingerprint density at radius 2 is 1.93 bits per heavy atom. The van der Waals surface area contributed by atoms with Crippen molar-refractivity contribution in [1.82, 2.24) is 15.2 Å². The molecule has 0 amide bonds. The van der Waals surface area contributed by atoms with Gasteiger partial charge in [-0.3, -0.25) is 4.98 Å². The highest BCUT2D eigenvalue weighted by molar-refractivity contribution is 5.99. The number of anilines is 1. The monoisotopic (exact) mass is 394 g/mol. The second-order valence-electron chi connectivity index (χ2n) is 7.25. The highest BCUT2D eigenvalue weighted by atomic mass is 16.5. The molecule has 1 aliphatic rings. The molecule has 152 valence electrons. The summed E-state index contributed by atoms with van der Waals surface area (Å²) >= 11 is 0. The minimum absolute atomic E-state index is 0.526. The van der Waals surface area contributed by atoms with Gasteiger partial charge >= 0.3 is 0 Å². The van der Waals surface area contributed by atoms with Crippen molar-refractivity contribution in [2.45, 2.75) is 19.3 Å². The Bertz CT molecular complexity index is 981. The quantitative estimate of drug-likeness (QED) is 0.634. The van der Waals surface area contributed by atoms with Crippen LogP contribution in [0.4, 0.5) is 5.82 Å². The number of hydrogen-bond donors (Lipinski definition) is 0. The Morgan fingerprint density at radius 1 is 1.07 bits per heavy atom. The average molecular weight is 394 g/mol. The van der Waals surface area contributed by atoms with Crippen LogP contribution in [0.25, 0.3) is 10.8 Å². The Hall–Kier alpha value is -3.09. The predicted molar refractivity (Wildman–Crippen MR) is 112 cm³/mol. The molecule has 4 rings (SSSR count). The van der Waals surface area contributed by atoms with E-state index in [0.717, 1.165) is 48.2 Å². The maximum Gasteiger partial charge on any atom is 0.204 e. The van der Waals surface area contributed by atoms with E-state index in [1.807, 2.05) is 24.4 Å². The largest absolute Gasteiger partial charge is 0.493 e. The Kier molecular flexibility index (Phi) is 5.64. The summed E-state index contributed by atoms with van der Waals surface area (Å²) in [5.41, 5.74) is 1.14. The maximum atomic E-state index is 5.63. The Morgan fingerprint density at radius 3 is 2.66 bits per heavy atom. The average Bonchev–Trinajstić information content (AvgIpc) is 2.78. The topological polar surface area (TPSA) is 69.6 Å². The van der Waals surface area contributed by atoms with Gasteiger partial charge in [-0.2, -0.15) is 5.10 Å². The molecule has 3 heterocycles. The normalized spacial score (nSPS) is 16.7. The lowest BCUT2D eigenvalue weighted by Crippen LogP contribution is -2.37. The van der Waals surface area contributed by atoms with Gasteiger partial charge in [0.2, 0.25) is 5.75 Å². The van der Waals surface area contributed by atoms with E-state index in [-0.39, 0.29) is 0 Å². The van der Waals surface area contributed by atoms with E-state index in [4.69, 9.17) is 14.2 Å². The second kappa shape index (κ2) is 8.51. The first-order chi connectivity index (χ1) is 14.2. The Balaban J connectivity index is 1.69. The van der Waals surface area contributed by atoms with Gasteiger partial charge in [0.15, 0.2) is 17.3 Å². The zero-order chi connectivity index (χ0) is 20.2. The van der Waals surface area contributed by atoms with Gasteiger partial charge in [0.25, 0.3) is 0 Å². The summed E-state index contributed by atoms with van der Waals surface area (Å²) in [5, 5.41) is 10.6. The number of nitrogens with zero attached hydrogens (tertiary/aromatic N) is 4. The molecular formula is C22H26N4O3. The fourth-order valence-corrected chi connectivity index (χ4v) is 4.16. The van der Waals surface area contributed by atoms with Crippen molar-refractivity contribution in [3.05, 3.63) is 42.4 Å². The molecule has 1 atom stereocenters. The third-order valence-electron chi connectivity index (χ3n) is 5.49. The summed E-state index contributed by atoms with van der Waals surface area (Å²) in [6.07, 6.45) is 6.84. The number of hydrogen-bond acceptors (Lipinski definition) is 7. The smallest absolute Gasteiger partial charge is 0.204 e. The summed E-state index contributed by atoms with van der Waals surface area (Å²) in [6.45, 7) is 1.87. The van der Waals surface area contributed by atoms with Gasteiger partial charge < -0.3 is 19.1 Å². The van der Waals surface area contributed by atoms with E-state index >= 15 is 0 Å². The zero-order valence-electron chi connectivity index (χ0n) is 17.1. The van der Waals surface area contributed by atoms with Crippen LogP contribution >= 0.6 is 0 Å². The van der Waals surface area contributed by atoms with Gasteiger partial charge in [0, 0.05) is 30.4 Å². The molecule has 0 bridgehead atoms. The fourth-order valence-electron chi connectivity index (χ4n) is 4.16. The van der Waals surface area contributed by atoms with Crippen molar-refractivity contribution in [2.75, 3.05) is 39.3 Å². The molecule has 1 saturated heterocycles. The molecule has 0 aliphatic carbocycles. The summed E-state index contributed by atoms with van der Waals surface area (Å²) < 4.78 is 16.7.